The van der Waals surface area contributed by atoms with Gasteiger partial charge in [0, 0.05) is 0 Å². The number of halogens is 3. The van der Waals surface area contributed by atoms with E-state index in [9.17, 15) is 36.6 Å². The van der Waals surface area contributed by atoms with E-state index in [1.165, 1.54) is 0 Å². The average molecular weight is 643 g/mol. The number of sulfone groups is 1. The SMILES string of the molecule is CC[C@H]1[C@@H](O)[C@@H]2[C@H](CC[C@]3(C)[C@@H]([C@H](C)CCOC(=O)CS(=O)(=O)c4ccc(C(F)(F)F)cc4)CC[C@@H]23)[C@@]2(C)CC[C@@H](O)C[C@@H]12. The van der Waals surface area contributed by atoms with Gasteiger partial charge in [-0.3, -0.25) is 4.79 Å². The number of aliphatic hydroxyl groups is 2. The molecule has 2 N–H and O–H groups in total. The Balaban J connectivity index is 1.19. The van der Waals surface area contributed by atoms with E-state index in [2.05, 4.69) is 27.7 Å². The molecular formula is C34H49F3O6S. The Bertz CT molecular complexity index is 1300. The van der Waals surface area contributed by atoms with E-state index >= 15 is 0 Å². The zero-order valence-corrected chi connectivity index (χ0v) is 27.2. The molecule has 1 aromatic rings. The van der Waals surface area contributed by atoms with Gasteiger partial charge in [0.15, 0.2) is 15.6 Å². The largest absolute Gasteiger partial charge is 0.465 e. The van der Waals surface area contributed by atoms with E-state index in [0.29, 0.717) is 42.2 Å². The minimum absolute atomic E-state index is 0.0627. The van der Waals surface area contributed by atoms with Gasteiger partial charge in [0.1, 0.15) is 0 Å². The molecule has 5 rings (SSSR count). The van der Waals surface area contributed by atoms with E-state index in [1.807, 2.05) is 0 Å². The molecule has 4 aliphatic rings. The van der Waals surface area contributed by atoms with Crippen molar-refractivity contribution < 1.29 is 41.3 Å². The molecule has 1 aromatic carbocycles. The molecule has 248 valence electrons. The summed E-state index contributed by atoms with van der Waals surface area (Å²) < 4.78 is 69.0. The van der Waals surface area contributed by atoms with E-state index in [-0.39, 0.29) is 52.3 Å². The molecule has 0 saturated heterocycles. The fourth-order valence-corrected chi connectivity index (χ4v) is 11.7. The van der Waals surface area contributed by atoms with Crippen LogP contribution in [0.1, 0.15) is 91.0 Å². The highest BCUT2D eigenvalue weighted by Crippen LogP contribution is 2.69. The van der Waals surface area contributed by atoms with Gasteiger partial charge in [-0.05, 0) is 128 Å². The molecule has 0 spiro atoms. The van der Waals surface area contributed by atoms with Gasteiger partial charge in [-0.15, -0.1) is 0 Å². The predicted molar refractivity (Wildman–Crippen MR) is 160 cm³/mol. The number of carbonyl (C=O) groups is 1. The van der Waals surface area contributed by atoms with Crippen molar-refractivity contribution in [3.8, 4) is 0 Å². The molecule has 11 atom stereocenters. The highest BCUT2D eigenvalue weighted by atomic mass is 32.2. The van der Waals surface area contributed by atoms with Gasteiger partial charge in [-0.25, -0.2) is 8.42 Å². The summed E-state index contributed by atoms with van der Waals surface area (Å²) in [6, 6.07) is 3.11. The first-order chi connectivity index (χ1) is 20.5. The molecule has 0 bridgehead atoms. The Morgan fingerprint density at radius 3 is 2.27 bits per heavy atom. The number of hydrogen-bond acceptors (Lipinski definition) is 6. The quantitative estimate of drug-likeness (QED) is 0.307. The Morgan fingerprint density at radius 2 is 1.64 bits per heavy atom. The minimum Gasteiger partial charge on any atom is -0.465 e. The molecule has 4 aliphatic carbocycles. The second kappa shape index (κ2) is 12.2. The maximum absolute atomic E-state index is 12.8. The molecule has 6 nitrogen and oxygen atoms in total. The van der Waals surface area contributed by atoms with Gasteiger partial charge in [-0.1, -0.05) is 34.1 Å². The highest BCUT2D eigenvalue weighted by Gasteiger charge is 2.64. The molecule has 0 radical (unpaired) electrons. The Labute approximate surface area is 260 Å². The van der Waals surface area contributed by atoms with Crippen molar-refractivity contribution >= 4 is 15.8 Å². The lowest BCUT2D eigenvalue weighted by atomic mass is 9.41. The molecule has 44 heavy (non-hydrogen) atoms. The topological polar surface area (TPSA) is 101 Å². The molecule has 4 fully saturated rings. The van der Waals surface area contributed by atoms with Gasteiger partial charge in [0.25, 0.3) is 0 Å². The van der Waals surface area contributed by atoms with Gasteiger partial charge in [-0.2, -0.15) is 13.2 Å². The normalized spacial score (nSPS) is 39.6. The van der Waals surface area contributed by atoms with Crippen molar-refractivity contribution in [3.63, 3.8) is 0 Å². The third-order valence-corrected chi connectivity index (χ3v) is 14.4. The fourth-order valence-electron chi connectivity index (χ4n) is 10.6. The van der Waals surface area contributed by atoms with E-state index < -0.39 is 33.3 Å². The summed E-state index contributed by atoms with van der Waals surface area (Å²) in [7, 11) is -4.13. The summed E-state index contributed by atoms with van der Waals surface area (Å²) >= 11 is 0. The van der Waals surface area contributed by atoms with E-state index in [4.69, 9.17) is 4.74 Å². The lowest BCUT2D eigenvalue weighted by Crippen LogP contribution is -2.62. The fraction of sp³-hybridized carbons (Fsp3) is 0.794. The van der Waals surface area contributed by atoms with Crippen LogP contribution >= 0.6 is 0 Å². The van der Waals surface area contributed by atoms with Crippen LogP contribution in [0.3, 0.4) is 0 Å². The van der Waals surface area contributed by atoms with Crippen molar-refractivity contribution in [2.45, 2.75) is 109 Å². The summed E-state index contributed by atoms with van der Waals surface area (Å²) in [6.07, 6.45) is 3.23. The average Bonchev–Trinajstić information content (AvgIpc) is 3.30. The molecular weight excluding hydrogens is 593 g/mol. The summed E-state index contributed by atoms with van der Waals surface area (Å²) in [4.78, 5) is 12.1. The van der Waals surface area contributed by atoms with E-state index in [0.717, 1.165) is 63.5 Å². The Hall–Kier alpha value is -1.65. The van der Waals surface area contributed by atoms with Crippen LogP contribution < -0.4 is 0 Å². The first-order valence-electron chi connectivity index (χ1n) is 16.4. The van der Waals surface area contributed by atoms with Crippen LogP contribution in [0.15, 0.2) is 29.2 Å². The molecule has 0 aromatic heterocycles. The minimum atomic E-state index is -4.58. The summed E-state index contributed by atoms with van der Waals surface area (Å²) in [5.41, 5.74) is -0.753. The number of aliphatic hydroxyl groups excluding tert-OH is 2. The Kier molecular flexibility index (Phi) is 9.33. The van der Waals surface area contributed by atoms with Crippen LogP contribution in [0.4, 0.5) is 13.2 Å². The first-order valence-corrected chi connectivity index (χ1v) is 18.1. The standard InChI is InChI=1S/C34H49F3O6S/c1-5-24-28-18-22(38)12-15-33(28,4)27-13-16-32(3)25(10-11-26(32)30(27)31(24)40)20(2)14-17-43-29(39)19-44(41,42)23-8-6-21(7-9-23)34(35,36)37/h6-9,20,22,24-28,30-31,38,40H,5,10-19H2,1-4H3/t20-,22-,24-,25-,26+,27+,28+,30+,31-,32-,33-/m1/s1. The molecule has 0 amide bonds. The number of alkyl halides is 3. The van der Waals surface area contributed by atoms with Crippen molar-refractivity contribution in [1.82, 2.24) is 0 Å². The smallest absolute Gasteiger partial charge is 0.416 e. The number of esters is 1. The Morgan fingerprint density at radius 1 is 1.00 bits per heavy atom. The molecule has 0 heterocycles. The highest BCUT2D eigenvalue weighted by molar-refractivity contribution is 7.92. The predicted octanol–water partition coefficient (Wildman–Crippen LogP) is 6.68. The zero-order chi connectivity index (χ0) is 32.2. The first kappa shape index (κ1) is 33.7. The molecule has 4 saturated carbocycles. The van der Waals surface area contributed by atoms with E-state index in [1.54, 1.807) is 0 Å². The number of hydrogen-bond donors (Lipinski definition) is 2. The zero-order valence-electron chi connectivity index (χ0n) is 26.4. The number of ether oxygens (including phenoxy) is 1. The number of fused-ring (bicyclic) bond motifs is 5. The maximum atomic E-state index is 12.8. The lowest BCUT2D eigenvalue weighted by molar-refractivity contribution is -0.203. The van der Waals surface area contributed by atoms with Gasteiger partial charge in [0.2, 0.25) is 0 Å². The molecule has 10 heteroatoms. The number of benzene rings is 1. The van der Waals surface area contributed by atoms with Crippen LogP contribution in [0.2, 0.25) is 0 Å². The van der Waals surface area contributed by atoms with Crippen molar-refractivity contribution in [3.05, 3.63) is 29.8 Å². The molecule has 0 unspecified atom stereocenters. The summed E-state index contributed by atoms with van der Waals surface area (Å²) in [5, 5.41) is 22.4. The van der Waals surface area contributed by atoms with Crippen LogP contribution in [0, 0.1) is 52.3 Å². The maximum Gasteiger partial charge on any atom is 0.416 e. The van der Waals surface area contributed by atoms with Gasteiger partial charge in [0.05, 0.1) is 29.3 Å². The third kappa shape index (κ3) is 5.96. The molecule has 0 aliphatic heterocycles. The summed E-state index contributed by atoms with van der Waals surface area (Å²) in [6.45, 7) is 9.24. The van der Waals surface area contributed by atoms with Crippen LogP contribution in [0.25, 0.3) is 0 Å². The van der Waals surface area contributed by atoms with Gasteiger partial charge >= 0.3 is 12.1 Å². The van der Waals surface area contributed by atoms with Crippen LogP contribution in [-0.4, -0.2) is 49.2 Å². The van der Waals surface area contributed by atoms with Gasteiger partial charge < -0.3 is 14.9 Å². The van der Waals surface area contributed by atoms with Crippen molar-refractivity contribution in [2.24, 2.45) is 52.3 Å². The second-order valence-electron chi connectivity index (χ2n) is 14.9. The third-order valence-electron chi connectivity index (χ3n) is 12.8. The van der Waals surface area contributed by atoms with Crippen LogP contribution in [0.5, 0.6) is 0 Å². The summed E-state index contributed by atoms with van der Waals surface area (Å²) in [5.74, 6) is 0.470. The second-order valence-corrected chi connectivity index (χ2v) is 16.9. The number of carbonyl (C=O) groups excluding carboxylic acids is 1. The lowest BCUT2D eigenvalue weighted by Gasteiger charge is -2.64. The van der Waals surface area contributed by atoms with Crippen molar-refractivity contribution in [1.29, 1.82) is 0 Å². The van der Waals surface area contributed by atoms with Crippen molar-refractivity contribution in [2.75, 3.05) is 12.4 Å². The number of rotatable bonds is 8. The van der Waals surface area contributed by atoms with Crippen LogP contribution in [-0.2, 0) is 25.5 Å². The monoisotopic (exact) mass is 642 g/mol.